The van der Waals surface area contributed by atoms with Crippen molar-refractivity contribution in [3.63, 3.8) is 0 Å². The molecule has 1 atom stereocenters. The molecule has 18 heavy (non-hydrogen) atoms. The van der Waals surface area contributed by atoms with Crippen molar-refractivity contribution in [2.45, 2.75) is 43.5 Å². The van der Waals surface area contributed by atoms with E-state index < -0.39 is 0 Å². The zero-order valence-electron chi connectivity index (χ0n) is 11.2. The summed E-state index contributed by atoms with van der Waals surface area (Å²) in [6.45, 7) is 2.19. The van der Waals surface area contributed by atoms with Crippen LogP contribution in [0, 0.1) is 5.92 Å². The summed E-state index contributed by atoms with van der Waals surface area (Å²) >= 11 is 5.70. The molecular weight excluding hydrogens is 306 g/mol. The van der Waals surface area contributed by atoms with E-state index in [1.807, 2.05) is 18.8 Å². The molecule has 0 aromatic heterocycles. The molecule has 1 aromatic rings. The summed E-state index contributed by atoms with van der Waals surface area (Å²) in [5.74, 6) is 2.23. The molecule has 1 aliphatic rings. The molecule has 0 radical (unpaired) electrons. The van der Waals surface area contributed by atoms with Crippen molar-refractivity contribution >= 4 is 27.7 Å². The van der Waals surface area contributed by atoms with Gasteiger partial charge >= 0.3 is 0 Å². The van der Waals surface area contributed by atoms with E-state index in [9.17, 15) is 0 Å². The first-order chi connectivity index (χ1) is 8.70. The summed E-state index contributed by atoms with van der Waals surface area (Å²) < 4.78 is 1.22. The van der Waals surface area contributed by atoms with Crippen LogP contribution in [0.2, 0.25) is 0 Å². The van der Waals surface area contributed by atoms with Crippen LogP contribution in [0.15, 0.2) is 27.6 Å². The van der Waals surface area contributed by atoms with Crippen LogP contribution in [0.25, 0.3) is 0 Å². The predicted octanol–water partition coefficient (Wildman–Crippen LogP) is 5.01. The van der Waals surface area contributed by atoms with Gasteiger partial charge < -0.3 is 5.32 Å². The van der Waals surface area contributed by atoms with Gasteiger partial charge in [-0.15, -0.1) is 11.8 Å². The van der Waals surface area contributed by atoms with Gasteiger partial charge in [-0.05, 0) is 50.4 Å². The number of benzene rings is 1. The van der Waals surface area contributed by atoms with Crippen molar-refractivity contribution in [3.8, 4) is 0 Å². The van der Waals surface area contributed by atoms with Gasteiger partial charge in [0, 0.05) is 21.2 Å². The molecule has 0 aliphatic heterocycles. The molecule has 1 nitrogen and oxygen atoms in total. The Bertz CT molecular complexity index is 388. The molecule has 0 bridgehead atoms. The highest BCUT2D eigenvalue weighted by atomic mass is 79.9. The molecule has 1 N–H and O–H groups in total. The fourth-order valence-corrected chi connectivity index (χ4v) is 4.50. The maximum Gasteiger partial charge on any atom is 0.0300 e. The lowest BCUT2D eigenvalue weighted by molar-refractivity contribution is 0.623. The largest absolute Gasteiger partial charge is 0.313 e. The first-order valence-electron chi connectivity index (χ1n) is 6.80. The minimum absolute atomic E-state index is 0.397. The highest BCUT2D eigenvalue weighted by molar-refractivity contribution is 9.10. The van der Waals surface area contributed by atoms with Crippen LogP contribution in [-0.2, 0) is 0 Å². The first kappa shape index (κ1) is 14.4. The fourth-order valence-electron chi connectivity index (χ4n) is 2.50. The van der Waals surface area contributed by atoms with Crippen LogP contribution in [0.4, 0.5) is 0 Å². The van der Waals surface area contributed by atoms with Crippen LogP contribution in [0.3, 0.4) is 0 Å². The van der Waals surface area contributed by atoms with Gasteiger partial charge in [-0.2, -0.15) is 0 Å². The predicted molar refractivity (Wildman–Crippen MR) is 84.3 cm³/mol. The SMILES string of the molecule is CNC(C)c1ccc(SCC2CCCC2)cc1Br. The Morgan fingerprint density at radius 1 is 1.39 bits per heavy atom. The summed E-state index contributed by atoms with van der Waals surface area (Å²) in [7, 11) is 2.00. The number of thioether (sulfide) groups is 1. The van der Waals surface area contributed by atoms with Crippen LogP contribution in [0.1, 0.15) is 44.2 Å². The Kier molecular flexibility index (Phi) is 5.58. The van der Waals surface area contributed by atoms with Gasteiger partial charge in [0.15, 0.2) is 0 Å². The van der Waals surface area contributed by atoms with Crippen LogP contribution in [0.5, 0.6) is 0 Å². The zero-order chi connectivity index (χ0) is 13.0. The van der Waals surface area contributed by atoms with Crippen molar-refractivity contribution in [2.24, 2.45) is 5.92 Å². The monoisotopic (exact) mass is 327 g/mol. The number of hydrogen-bond donors (Lipinski definition) is 1. The first-order valence-corrected chi connectivity index (χ1v) is 8.58. The molecule has 100 valence electrons. The maximum absolute atomic E-state index is 3.69. The molecule has 1 fully saturated rings. The van der Waals surface area contributed by atoms with Gasteiger partial charge in [-0.3, -0.25) is 0 Å². The zero-order valence-corrected chi connectivity index (χ0v) is 13.6. The second kappa shape index (κ2) is 6.97. The average molecular weight is 328 g/mol. The van der Waals surface area contributed by atoms with Gasteiger partial charge in [-0.1, -0.05) is 34.8 Å². The molecular formula is C15H22BrNS. The van der Waals surface area contributed by atoms with E-state index in [2.05, 4.69) is 46.4 Å². The number of halogens is 1. The molecule has 0 spiro atoms. The van der Waals surface area contributed by atoms with Crippen molar-refractivity contribution in [1.82, 2.24) is 5.32 Å². The van der Waals surface area contributed by atoms with Gasteiger partial charge in [-0.25, -0.2) is 0 Å². The van der Waals surface area contributed by atoms with Crippen LogP contribution >= 0.6 is 27.7 Å². The van der Waals surface area contributed by atoms with Crippen LogP contribution in [-0.4, -0.2) is 12.8 Å². The normalized spacial score (nSPS) is 18.2. The smallest absolute Gasteiger partial charge is 0.0300 e. The average Bonchev–Trinajstić information content (AvgIpc) is 2.88. The molecule has 0 amide bonds. The lowest BCUT2D eigenvalue weighted by Gasteiger charge is -2.14. The minimum atomic E-state index is 0.397. The second-order valence-electron chi connectivity index (χ2n) is 5.16. The third kappa shape index (κ3) is 3.75. The third-order valence-electron chi connectivity index (χ3n) is 3.83. The van der Waals surface area contributed by atoms with Gasteiger partial charge in [0.2, 0.25) is 0 Å². The van der Waals surface area contributed by atoms with E-state index in [-0.39, 0.29) is 0 Å². The van der Waals surface area contributed by atoms with Crippen molar-refractivity contribution in [3.05, 3.63) is 28.2 Å². The second-order valence-corrected chi connectivity index (χ2v) is 7.10. The maximum atomic E-state index is 3.69. The van der Waals surface area contributed by atoms with E-state index in [4.69, 9.17) is 0 Å². The summed E-state index contributed by atoms with van der Waals surface area (Å²) in [5, 5.41) is 3.28. The molecule has 1 saturated carbocycles. The van der Waals surface area contributed by atoms with Gasteiger partial charge in [0.1, 0.15) is 0 Å². The van der Waals surface area contributed by atoms with Gasteiger partial charge in [0.25, 0.3) is 0 Å². The summed E-state index contributed by atoms with van der Waals surface area (Å²) in [5.41, 5.74) is 1.34. The Labute approximate surface area is 123 Å². The molecule has 0 saturated heterocycles. The molecule has 1 aliphatic carbocycles. The highest BCUT2D eigenvalue weighted by Crippen LogP contribution is 2.33. The fraction of sp³-hybridized carbons (Fsp3) is 0.600. The van der Waals surface area contributed by atoms with E-state index in [0.29, 0.717) is 6.04 Å². The molecule has 0 heterocycles. The summed E-state index contributed by atoms with van der Waals surface area (Å²) in [4.78, 5) is 1.39. The van der Waals surface area contributed by atoms with Crippen molar-refractivity contribution in [2.75, 3.05) is 12.8 Å². The molecule has 3 heteroatoms. The Morgan fingerprint density at radius 2 is 2.11 bits per heavy atom. The van der Waals surface area contributed by atoms with E-state index >= 15 is 0 Å². The minimum Gasteiger partial charge on any atom is -0.313 e. The van der Waals surface area contributed by atoms with Crippen LogP contribution < -0.4 is 5.32 Å². The van der Waals surface area contributed by atoms with E-state index in [1.165, 1.54) is 46.4 Å². The van der Waals surface area contributed by atoms with Crippen molar-refractivity contribution < 1.29 is 0 Å². The van der Waals surface area contributed by atoms with Crippen molar-refractivity contribution in [1.29, 1.82) is 0 Å². The summed E-state index contributed by atoms with van der Waals surface area (Å²) in [6.07, 6.45) is 5.74. The standard InChI is InChI=1S/C15H22BrNS/c1-11(17-2)14-8-7-13(9-15(14)16)18-10-12-5-3-4-6-12/h7-9,11-12,17H,3-6,10H2,1-2H3. The van der Waals surface area contributed by atoms with Gasteiger partial charge in [0.05, 0.1) is 0 Å². The summed E-state index contributed by atoms with van der Waals surface area (Å²) in [6, 6.07) is 7.16. The Morgan fingerprint density at radius 3 is 2.72 bits per heavy atom. The lowest BCUT2D eigenvalue weighted by atomic mass is 10.1. The topological polar surface area (TPSA) is 12.0 Å². The molecule has 1 unspecified atom stereocenters. The number of rotatable bonds is 5. The number of nitrogens with one attached hydrogen (secondary N) is 1. The third-order valence-corrected chi connectivity index (χ3v) is 5.74. The molecule has 1 aromatic carbocycles. The number of hydrogen-bond acceptors (Lipinski definition) is 2. The Balaban J connectivity index is 1.95. The quantitative estimate of drug-likeness (QED) is 0.763. The Hall–Kier alpha value is 0.01000. The molecule has 2 rings (SSSR count). The highest BCUT2D eigenvalue weighted by Gasteiger charge is 2.15. The van der Waals surface area contributed by atoms with E-state index in [1.54, 1.807) is 0 Å². The lowest BCUT2D eigenvalue weighted by Crippen LogP contribution is -2.12. The van der Waals surface area contributed by atoms with E-state index in [0.717, 1.165) is 5.92 Å².